The summed E-state index contributed by atoms with van der Waals surface area (Å²) in [5.74, 6) is 1.45. The van der Waals surface area contributed by atoms with E-state index in [0.717, 1.165) is 38.9 Å². The molecule has 0 radical (unpaired) electrons. The third-order valence-corrected chi connectivity index (χ3v) is 7.51. The highest BCUT2D eigenvalue weighted by Gasteiger charge is 2.35. The molecule has 31 heavy (non-hydrogen) atoms. The van der Waals surface area contributed by atoms with Gasteiger partial charge in [-0.1, -0.05) is 18.2 Å². The highest BCUT2D eigenvalue weighted by molar-refractivity contribution is 7.12. The molecule has 2 aliphatic heterocycles. The van der Waals surface area contributed by atoms with Gasteiger partial charge in [-0.05, 0) is 54.4 Å². The van der Waals surface area contributed by atoms with Gasteiger partial charge in [-0.25, -0.2) is 5.01 Å². The lowest BCUT2D eigenvalue weighted by Gasteiger charge is -2.28. The number of rotatable bonds is 6. The molecule has 6 nitrogen and oxygen atoms in total. The van der Waals surface area contributed by atoms with Crippen LogP contribution in [-0.2, 0) is 10.3 Å². The maximum absolute atomic E-state index is 13.3. The SMILES string of the molecule is CC(C)(NCC(=O)N1N=C(c2cccs2)CC1c1cccs1)c1ccc2c(c1)OCO2. The van der Waals surface area contributed by atoms with Crippen molar-refractivity contribution in [2.45, 2.75) is 31.8 Å². The summed E-state index contributed by atoms with van der Waals surface area (Å²) in [4.78, 5) is 15.5. The van der Waals surface area contributed by atoms with Gasteiger partial charge < -0.3 is 9.47 Å². The molecule has 0 bridgehead atoms. The molecule has 1 aromatic carbocycles. The summed E-state index contributed by atoms with van der Waals surface area (Å²) in [6.45, 7) is 4.54. The molecule has 5 rings (SSSR count). The number of amides is 1. The van der Waals surface area contributed by atoms with Crippen molar-refractivity contribution in [3.05, 3.63) is 68.5 Å². The van der Waals surface area contributed by atoms with E-state index in [1.165, 1.54) is 0 Å². The highest BCUT2D eigenvalue weighted by Crippen LogP contribution is 2.37. The highest BCUT2D eigenvalue weighted by atomic mass is 32.1. The second-order valence-corrected chi connectivity index (χ2v) is 9.97. The van der Waals surface area contributed by atoms with Gasteiger partial charge >= 0.3 is 0 Å². The molecule has 1 atom stereocenters. The molecule has 0 saturated carbocycles. The zero-order chi connectivity index (χ0) is 21.4. The van der Waals surface area contributed by atoms with Gasteiger partial charge in [0.1, 0.15) is 0 Å². The van der Waals surface area contributed by atoms with Gasteiger partial charge in [-0.3, -0.25) is 10.1 Å². The van der Waals surface area contributed by atoms with Crippen molar-refractivity contribution < 1.29 is 14.3 Å². The molecule has 160 valence electrons. The van der Waals surface area contributed by atoms with Crippen molar-refractivity contribution in [3.63, 3.8) is 0 Å². The summed E-state index contributed by atoms with van der Waals surface area (Å²) in [5, 5.41) is 13.9. The van der Waals surface area contributed by atoms with Crippen LogP contribution in [0.5, 0.6) is 11.5 Å². The van der Waals surface area contributed by atoms with E-state index in [2.05, 4.69) is 31.3 Å². The molecule has 2 aliphatic rings. The second-order valence-electron chi connectivity index (χ2n) is 8.04. The number of hydrogen-bond donors (Lipinski definition) is 1. The number of carbonyl (C=O) groups excluding carboxylic acids is 1. The number of nitrogens with one attached hydrogen (secondary N) is 1. The van der Waals surface area contributed by atoms with Crippen molar-refractivity contribution in [1.29, 1.82) is 0 Å². The number of hydrogen-bond acceptors (Lipinski definition) is 7. The molecule has 1 amide bonds. The molecule has 0 spiro atoms. The summed E-state index contributed by atoms with van der Waals surface area (Å²) < 4.78 is 10.9. The van der Waals surface area contributed by atoms with Crippen LogP contribution in [0, 0.1) is 0 Å². The van der Waals surface area contributed by atoms with Gasteiger partial charge in [0.2, 0.25) is 6.79 Å². The van der Waals surface area contributed by atoms with E-state index < -0.39 is 5.54 Å². The third-order valence-electron chi connectivity index (χ3n) is 5.62. The summed E-state index contributed by atoms with van der Waals surface area (Å²) in [6.07, 6.45) is 0.734. The van der Waals surface area contributed by atoms with Crippen LogP contribution in [0.15, 0.2) is 58.3 Å². The number of hydrazone groups is 1. The second kappa shape index (κ2) is 8.11. The number of thiophene rings is 2. The molecule has 1 unspecified atom stereocenters. The van der Waals surface area contributed by atoms with Crippen LogP contribution >= 0.6 is 22.7 Å². The van der Waals surface area contributed by atoms with E-state index in [-0.39, 0.29) is 25.3 Å². The Morgan fingerprint density at radius 3 is 2.74 bits per heavy atom. The largest absolute Gasteiger partial charge is 0.454 e. The lowest BCUT2D eigenvalue weighted by Crippen LogP contribution is -2.43. The summed E-state index contributed by atoms with van der Waals surface area (Å²) in [5.41, 5.74) is 1.58. The molecular formula is C23H23N3O3S2. The minimum atomic E-state index is -0.422. The fraction of sp³-hybridized carbons (Fsp3) is 0.304. The molecule has 0 saturated heterocycles. The molecule has 1 N–H and O–H groups in total. The first-order valence-electron chi connectivity index (χ1n) is 10.1. The van der Waals surface area contributed by atoms with Crippen LogP contribution in [0.1, 0.15) is 41.6 Å². The summed E-state index contributed by atoms with van der Waals surface area (Å²) in [7, 11) is 0. The van der Waals surface area contributed by atoms with Crippen LogP contribution in [-0.4, -0.2) is 30.0 Å². The van der Waals surface area contributed by atoms with E-state index in [9.17, 15) is 4.79 Å². The number of carbonyl (C=O) groups is 1. The fourth-order valence-corrected chi connectivity index (χ4v) is 5.33. The quantitative estimate of drug-likeness (QED) is 0.586. The minimum Gasteiger partial charge on any atom is -0.454 e. The first-order valence-corrected chi connectivity index (χ1v) is 11.9. The maximum atomic E-state index is 13.3. The van der Waals surface area contributed by atoms with Crippen molar-refractivity contribution in [2.24, 2.45) is 5.10 Å². The van der Waals surface area contributed by atoms with E-state index in [4.69, 9.17) is 14.6 Å². The molecular weight excluding hydrogens is 430 g/mol. The van der Waals surface area contributed by atoms with Crippen molar-refractivity contribution in [1.82, 2.24) is 10.3 Å². The van der Waals surface area contributed by atoms with Crippen LogP contribution in [0.2, 0.25) is 0 Å². The van der Waals surface area contributed by atoms with Crippen LogP contribution in [0.4, 0.5) is 0 Å². The van der Waals surface area contributed by atoms with Crippen molar-refractivity contribution in [2.75, 3.05) is 13.3 Å². The van der Waals surface area contributed by atoms with Crippen LogP contribution in [0.3, 0.4) is 0 Å². The normalized spacial score (nSPS) is 17.8. The number of benzene rings is 1. The molecule has 0 fully saturated rings. The lowest BCUT2D eigenvalue weighted by atomic mass is 9.94. The van der Waals surface area contributed by atoms with Gasteiger partial charge in [0.05, 0.1) is 23.2 Å². The van der Waals surface area contributed by atoms with Gasteiger partial charge in [-0.15, -0.1) is 22.7 Å². The monoisotopic (exact) mass is 453 g/mol. The Hall–Kier alpha value is -2.68. The van der Waals surface area contributed by atoms with Crippen molar-refractivity contribution in [3.8, 4) is 11.5 Å². The van der Waals surface area contributed by atoms with Gasteiger partial charge in [-0.2, -0.15) is 5.10 Å². The zero-order valence-electron chi connectivity index (χ0n) is 17.3. The van der Waals surface area contributed by atoms with Gasteiger partial charge in [0, 0.05) is 16.8 Å². The van der Waals surface area contributed by atoms with E-state index in [1.54, 1.807) is 27.7 Å². The lowest BCUT2D eigenvalue weighted by molar-refractivity contribution is -0.132. The first-order chi connectivity index (χ1) is 15.0. The van der Waals surface area contributed by atoms with Crippen LogP contribution in [0.25, 0.3) is 0 Å². The standard InChI is InChI=1S/C23H23N3O3S2/c1-23(2,15-7-8-18-19(11-15)29-14-28-18)24-13-22(27)26-17(21-6-4-10-31-21)12-16(25-26)20-5-3-9-30-20/h3-11,17,24H,12-14H2,1-2H3. The molecule has 0 aliphatic carbocycles. The first kappa shape index (κ1) is 20.2. The Labute approximate surface area is 189 Å². The van der Waals surface area contributed by atoms with E-state index in [1.807, 2.05) is 41.1 Å². The fourth-order valence-electron chi connectivity index (χ4n) is 3.80. The predicted molar refractivity (Wildman–Crippen MR) is 123 cm³/mol. The molecule has 3 aromatic rings. The van der Waals surface area contributed by atoms with Gasteiger partial charge in [0.25, 0.3) is 5.91 Å². The number of nitrogens with zero attached hydrogens (tertiary/aromatic N) is 2. The average molecular weight is 454 g/mol. The zero-order valence-corrected chi connectivity index (χ0v) is 19.0. The Kier molecular flexibility index (Phi) is 5.29. The molecule has 2 aromatic heterocycles. The topological polar surface area (TPSA) is 63.2 Å². The Morgan fingerprint density at radius 1 is 1.16 bits per heavy atom. The predicted octanol–water partition coefficient (Wildman–Crippen LogP) is 4.74. The molecule has 4 heterocycles. The summed E-state index contributed by atoms with van der Waals surface area (Å²) in [6, 6.07) is 14.0. The minimum absolute atomic E-state index is 0.0428. The average Bonchev–Trinajstić information content (AvgIpc) is 3.56. The smallest absolute Gasteiger partial charge is 0.257 e. The summed E-state index contributed by atoms with van der Waals surface area (Å²) >= 11 is 3.32. The Morgan fingerprint density at radius 2 is 1.97 bits per heavy atom. The van der Waals surface area contributed by atoms with E-state index in [0.29, 0.717) is 0 Å². The van der Waals surface area contributed by atoms with Crippen LogP contribution < -0.4 is 14.8 Å². The molecule has 8 heteroatoms. The third kappa shape index (κ3) is 3.98. The maximum Gasteiger partial charge on any atom is 0.257 e. The van der Waals surface area contributed by atoms with Gasteiger partial charge in [0.15, 0.2) is 11.5 Å². The Balaban J connectivity index is 1.33. The number of fused-ring (bicyclic) bond motifs is 1. The van der Waals surface area contributed by atoms with E-state index >= 15 is 0 Å². The van der Waals surface area contributed by atoms with Crippen molar-refractivity contribution >= 4 is 34.3 Å². The number of ether oxygens (including phenoxy) is 2. The Bertz CT molecular complexity index is 1110.